The number of nitrogens with one attached hydrogen (secondary N) is 1. The lowest BCUT2D eigenvalue weighted by atomic mass is 10.2. The number of hydrogen-bond donors (Lipinski definition) is 1. The normalized spacial score (nSPS) is 10.5. The zero-order valence-corrected chi connectivity index (χ0v) is 12.4. The fourth-order valence-electron chi connectivity index (χ4n) is 1.31. The van der Waals surface area contributed by atoms with Gasteiger partial charge in [-0.3, -0.25) is 4.98 Å². The molecular weight excluding hydrogens is 367 g/mol. The second-order valence-corrected chi connectivity index (χ2v) is 5.43. The van der Waals surface area contributed by atoms with Gasteiger partial charge in [-0.05, 0) is 51.4 Å². The molecule has 0 unspecified atom stereocenters. The predicted molar refractivity (Wildman–Crippen MR) is 76.4 cm³/mol. The predicted octanol–water partition coefficient (Wildman–Crippen LogP) is 3.54. The maximum absolute atomic E-state index is 4.12. The largest absolute Gasteiger partial charge is 0.313 e. The number of halogens is 2. The molecular formula is C11H16BrIN2. The molecule has 1 rings (SSSR count). The summed E-state index contributed by atoms with van der Waals surface area (Å²) in [6.07, 6.45) is 7.64. The van der Waals surface area contributed by atoms with Crippen LogP contribution in [0.4, 0.5) is 0 Å². The van der Waals surface area contributed by atoms with E-state index in [0.29, 0.717) is 0 Å². The van der Waals surface area contributed by atoms with Crippen LogP contribution in [0.5, 0.6) is 0 Å². The van der Waals surface area contributed by atoms with E-state index in [-0.39, 0.29) is 0 Å². The summed E-state index contributed by atoms with van der Waals surface area (Å²) in [5, 5.41) is 3.42. The van der Waals surface area contributed by atoms with E-state index < -0.39 is 0 Å². The molecule has 84 valence electrons. The molecule has 0 radical (unpaired) electrons. The second kappa shape index (κ2) is 8.47. The fourth-order valence-corrected chi connectivity index (χ4v) is 2.26. The Balaban J connectivity index is 2.10. The SMILES string of the molecule is Brc1cncc(CNCCCCCI)c1. The van der Waals surface area contributed by atoms with Crippen molar-refractivity contribution in [2.24, 2.45) is 0 Å². The van der Waals surface area contributed by atoms with E-state index in [1.54, 1.807) is 0 Å². The van der Waals surface area contributed by atoms with E-state index in [1.165, 1.54) is 29.3 Å². The molecule has 0 fully saturated rings. The Morgan fingerprint density at radius 2 is 2.13 bits per heavy atom. The number of hydrogen-bond acceptors (Lipinski definition) is 2. The lowest BCUT2D eigenvalue weighted by Crippen LogP contribution is -2.14. The van der Waals surface area contributed by atoms with E-state index in [9.17, 15) is 0 Å². The quantitative estimate of drug-likeness (QED) is 0.443. The van der Waals surface area contributed by atoms with Crippen LogP contribution < -0.4 is 5.32 Å². The average molecular weight is 383 g/mol. The van der Waals surface area contributed by atoms with E-state index in [1.807, 2.05) is 12.4 Å². The molecule has 15 heavy (non-hydrogen) atoms. The molecule has 0 saturated heterocycles. The Morgan fingerprint density at radius 3 is 2.87 bits per heavy atom. The van der Waals surface area contributed by atoms with Crippen LogP contribution in [0.25, 0.3) is 0 Å². The molecule has 0 amide bonds. The van der Waals surface area contributed by atoms with Gasteiger partial charge in [0.1, 0.15) is 0 Å². The first kappa shape index (κ1) is 13.4. The minimum absolute atomic E-state index is 0.913. The van der Waals surface area contributed by atoms with Gasteiger partial charge in [0.2, 0.25) is 0 Å². The van der Waals surface area contributed by atoms with Gasteiger partial charge in [0.05, 0.1) is 0 Å². The number of rotatable bonds is 7. The van der Waals surface area contributed by atoms with Crippen molar-refractivity contribution in [2.75, 3.05) is 11.0 Å². The lowest BCUT2D eigenvalue weighted by molar-refractivity contribution is 0.619. The van der Waals surface area contributed by atoms with Crippen molar-refractivity contribution in [1.82, 2.24) is 10.3 Å². The van der Waals surface area contributed by atoms with Gasteiger partial charge in [-0.1, -0.05) is 29.0 Å². The number of unbranched alkanes of at least 4 members (excludes halogenated alkanes) is 2. The van der Waals surface area contributed by atoms with E-state index in [4.69, 9.17) is 0 Å². The molecule has 0 aliphatic rings. The Morgan fingerprint density at radius 1 is 1.27 bits per heavy atom. The Bertz CT molecular complexity index is 281. The molecule has 1 heterocycles. The van der Waals surface area contributed by atoms with E-state index >= 15 is 0 Å². The highest BCUT2D eigenvalue weighted by molar-refractivity contribution is 14.1. The highest BCUT2D eigenvalue weighted by Gasteiger charge is 1.94. The minimum atomic E-state index is 0.913. The molecule has 0 bridgehead atoms. The molecule has 1 N–H and O–H groups in total. The molecule has 1 aromatic heterocycles. The highest BCUT2D eigenvalue weighted by atomic mass is 127. The molecule has 4 heteroatoms. The summed E-state index contributed by atoms with van der Waals surface area (Å²) in [5.41, 5.74) is 1.23. The topological polar surface area (TPSA) is 24.9 Å². The number of alkyl halides is 1. The highest BCUT2D eigenvalue weighted by Crippen LogP contribution is 2.09. The first-order valence-electron chi connectivity index (χ1n) is 5.19. The van der Waals surface area contributed by atoms with Gasteiger partial charge in [0, 0.05) is 23.4 Å². The molecule has 1 aromatic rings. The third-order valence-electron chi connectivity index (χ3n) is 2.08. The van der Waals surface area contributed by atoms with E-state index in [0.717, 1.165) is 17.6 Å². The van der Waals surface area contributed by atoms with Gasteiger partial charge < -0.3 is 5.32 Å². The van der Waals surface area contributed by atoms with Crippen molar-refractivity contribution in [3.05, 3.63) is 28.5 Å². The van der Waals surface area contributed by atoms with Crippen molar-refractivity contribution in [3.63, 3.8) is 0 Å². The first-order chi connectivity index (χ1) is 7.33. The van der Waals surface area contributed by atoms with Crippen LogP contribution in [0.15, 0.2) is 22.9 Å². The zero-order chi connectivity index (χ0) is 10.9. The number of pyridine rings is 1. The summed E-state index contributed by atoms with van der Waals surface area (Å²) in [6, 6.07) is 2.10. The second-order valence-electron chi connectivity index (χ2n) is 3.44. The summed E-state index contributed by atoms with van der Waals surface area (Å²) >= 11 is 5.84. The van der Waals surface area contributed by atoms with Gasteiger partial charge in [-0.15, -0.1) is 0 Å². The van der Waals surface area contributed by atoms with Crippen molar-refractivity contribution in [1.29, 1.82) is 0 Å². The number of aromatic nitrogens is 1. The third kappa shape index (κ3) is 6.48. The molecule has 0 atom stereocenters. The standard InChI is InChI=1S/C11H16BrIN2/c12-11-6-10(8-15-9-11)7-14-5-3-1-2-4-13/h6,8-9,14H,1-5,7H2. The van der Waals surface area contributed by atoms with Crippen molar-refractivity contribution in [3.8, 4) is 0 Å². The van der Waals surface area contributed by atoms with Crippen LogP contribution in [-0.4, -0.2) is 16.0 Å². The van der Waals surface area contributed by atoms with Crippen LogP contribution in [0.1, 0.15) is 24.8 Å². The zero-order valence-electron chi connectivity index (χ0n) is 8.68. The van der Waals surface area contributed by atoms with Crippen LogP contribution in [-0.2, 0) is 6.54 Å². The summed E-state index contributed by atoms with van der Waals surface area (Å²) in [4.78, 5) is 4.12. The smallest absolute Gasteiger partial charge is 0.0410 e. The van der Waals surface area contributed by atoms with Gasteiger partial charge in [0.25, 0.3) is 0 Å². The van der Waals surface area contributed by atoms with Crippen LogP contribution in [0.2, 0.25) is 0 Å². The van der Waals surface area contributed by atoms with Crippen LogP contribution in [0.3, 0.4) is 0 Å². The van der Waals surface area contributed by atoms with Crippen LogP contribution in [0, 0.1) is 0 Å². The molecule has 0 aliphatic heterocycles. The maximum Gasteiger partial charge on any atom is 0.0410 e. The molecule has 0 saturated carbocycles. The molecule has 2 nitrogen and oxygen atoms in total. The minimum Gasteiger partial charge on any atom is -0.313 e. The van der Waals surface area contributed by atoms with Gasteiger partial charge >= 0.3 is 0 Å². The van der Waals surface area contributed by atoms with Crippen molar-refractivity contribution < 1.29 is 0 Å². The van der Waals surface area contributed by atoms with Gasteiger partial charge in [-0.2, -0.15) is 0 Å². The maximum atomic E-state index is 4.12. The Kier molecular flexibility index (Phi) is 7.56. The van der Waals surface area contributed by atoms with Gasteiger partial charge in [-0.25, -0.2) is 0 Å². The van der Waals surface area contributed by atoms with Crippen molar-refractivity contribution >= 4 is 38.5 Å². The first-order valence-corrected chi connectivity index (χ1v) is 7.51. The Labute approximate surface area is 114 Å². The molecule has 0 aromatic carbocycles. The lowest BCUT2D eigenvalue weighted by Gasteiger charge is -2.04. The van der Waals surface area contributed by atoms with Crippen LogP contribution >= 0.6 is 38.5 Å². The fraction of sp³-hybridized carbons (Fsp3) is 0.545. The average Bonchev–Trinajstić information content (AvgIpc) is 2.23. The summed E-state index contributed by atoms with van der Waals surface area (Å²) < 4.78 is 2.32. The van der Waals surface area contributed by atoms with Crippen molar-refractivity contribution in [2.45, 2.75) is 25.8 Å². The monoisotopic (exact) mass is 382 g/mol. The van der Waals surface area contributed by atoms with E-state index in [2.05, 4.69) is 54.9 Å². The Hall–Kier alpha value is 0.320. The molecule has 0 aliphatic carbocycles. The summed E-state index contributed by atoms with van der Waals surface area (Å²) in [5.74, 6) is 0. The summed E-state index contributed by atoms with van der Waals surface area (Å²) in [6.45, 7) is 2.01. The third-order valence-corrected chi connectivity index (χ3v) is 3.27. The van der Waals surface area contributed by atoms with Gasteiger partial charge in [0.15, 0.2) is 0 Å². The number of nitrogens with zero attached hydrogens (tertiary/aromatic N) is 1. The molecule has 0 spiro atoms. The summed E-state index contributed by atoms with van der Waals surface area (Å²) in [7, 11) is 0.